The first-order valence-corrected chi connectivity index (χ1v) is 16.3. The van der Waals surface area contributed by atoms with E-state index in [1.807, 2.05) is 58.9 Å². The molecular weight excluding hydrogens is 573 g/mol. The zero-order valence-electron chi connectivity index (χ0n) is 27.3. The third kappa shape index (κ3) is 5.06. The van der Waals surface area contributed by atoms with Crippen LogP contribution in [-0.2, 0) is 30.0 Å². The minimum absolute atomic E-state index is 0.0357. The van der Waals surface area contributed by atoms with E-state index in [2.05, 4.69) is 97.1 Å². The van der Waals surface area contributed by atoms with Crippen LogP contribution >= 0.6 is 0 Å². The fourth-order valence-electron chi connectivity index (χ4n) is 7.63. The fourth-order valence-corrected chi connectivity index (χ4v) is 7.63. The second kappa shape index (κ2) is 11.4. The first kappa shape index (κ1) is 30.7. The van der Waals surface area contributed by atoms with Crippen molar-refractivity contribution in [1.82, 2.24) is 4.90 Å². The van der Waals surface area contributed by atoms with Gasteiger partial charge in [-0.2, -0.15) is 0 Å². The van der Waals surface area contributed by atoms with Crippen LogP contribution in [0.25, 0.3) is 0 Å². The lowest BCUT2D eigenvalue weighted by atomic mass is 9.66. The molecule has 0 spiro atoms. The van der Waals surface area contributed by atoms with Crippen molar-refractivity contribution < 1.29 is 23.6 Å². The highest BCUT2D eigenvalue weighted by Gasteiger charge is 2.70. The maximum absolute atomic E-state index is 13.6. The minimum atomic E-state index is -1.02. The molecule has 4 aromatic carbocycles. The van der Waals surface area contributed by atoms with Crippen molar-refractivity contribution >= 4 is 13.2 Å². The van der Waals surface area contributed by atoms with Crippen molar-refractivity contribution in [3.8, 4) is 0 Å². The molecule has 0 radical (unpaired) electrons. The third-order valence-corrected chi connectivity index (χ3v) is 9.65. The van der Waals surface area contributed by atoms with Crippen molar-refractivity contribution in [1.29, 1.82) is 0 Å². The van der Waals surface area contributed by atoms with Gasteiger partial charge >= 0.3 is 13.2 Å². The van der Waals surface area contributed by atoms with E-state index < -0.39 is 29.6 Å². The standard InChI is InChI=1S/C39H42BNO5/c1-36(2,3)44-35(42)41-34(27-43-37(41,4)5)32-26-33(32)40-45-38(28-18-10-6-11-19-28,29-20-12-7-13-21-29)39(46-40,30-22-14-8-15-23-30)31-24-16-9-17-25-31/h6-25,32-34H,26-27H2,1-5H3/t32-,33+,34+/m1/s1. The molecule has 3 aliphatic rings. The normalized spacial score (nSPS) is 24.5. The maximum Gasteiger partial charge on any atom is 0.462 e. The summed E-state index contributed by atoms with van der Waals surface area (Å²) in [6, 6.07) is 41.6. The number of nitrogens with zero attached hydrogens (tertiary/aromatic N) is 1. The van der Waals surface area contributed by atoms with E-state index in [4.69, 9.17) is 18.8 Å². The summed E-state index contributed by atoms with van der Waals surface area (Å²) in [5, 5.41) is 0. The molecule has 7 heteroatoms. The Balaban J connectivity index is 1.36. The Morgan fingerprint density at radius 1 is 0.717 bits per heavy atom. The highest BCUT2D eigenvalue weighted by atomic mass is 16.7. The van der Waals surface area contributed by atoms with Crippen LogP contribution in [0.4, 0.5) is 4.79 Å². The Bertz CT molecular complexity index is 1490. The van der Waals surface area contributed by atoms with E-state index in [1.54, 1.807) is 4.90 Å². The molecule has 2 saturated heterocycles. The summed E-state index contributed by atoms with van der Waals surface area (Å²) < 4.78 is 27.1. The molecule has 7 rings (SSSR count). The molecule has 6 nitrogen and oxygen atoms in total. The van der Waals surface area contributed by atoms with Crippen molar-refractivity contribution in [2.24, 2.45) is 5.92 Å². The molecule has 1 aliphatic carbocycles. The molecule has 2 aliphatic heterocycles. The Hall–Kier alpha value is -3.91. The van der Waals surface area contributed by atoms with E-state index in [9.17, 15) is 4.79 Å². The second-order valence-corrected chi connectivity index (χ2v) is 14.2. The van der Waals surface area contributed by atoms with Crippen LogP contribution in [0.2, 0.25) is 5.82 Å². The number of carbonyl (C=O) groups excluding carboxylic acids is 1. The van der Waals surface area contributed by atoms with Gasteiger partial charge in [0, 0.05) is 0 Å². The Labute approximate surface area is 272 Å². The van der Waals surface area contributed by atoms with Gasteiger partial charge in [-0.3, -0.25) is 4.90 Å². The first-order chi connectivity index (χ1) is 22.1. The molecule has 2 heterocycles. The summed E-state index contributed by atoms with van der Waals surface area (Å²) in [6.45, 7) is 9.98. The molecule has 0 N–H and O–H groups in total. The van der Waals surface area contributed by atoms with Crippen LogP contribution in [0, 0.1) is 5.92 Å². The molecule has 3 fully saturated rings. The molecule has 0 bridgehead atoms. The number of rotatable bonds is 6. The molecule has 4 aromatic rings. The summed E-state index contributed by atoms with van der Waals surface area (Å²) >= 11 is 0. The van der Waals surface area contributed by atoms with E-state index in [0.29, 0.717) is 6.61 Å². The smallest absolute Gasteiger partial charge is 0.444 e. The SMILES string of the molecule is CC(C)(C)OC(=O)N1[C@H]([C@@H]2C[C@@H]2B2OC(c3ccccc3)(c3ccccc3)C(c3ccccc3)(c3ccccc3)O2)COC1(C)C. The predicted molar refractivity (Wildman–Crippen MR) is 179 cm³/mol. The number of ether oxygens (including phenoxy) is 2. The van der Waals surface area contributed by atoms with Gasteiger partial charge in [-0.25, -0.2) is 4.79 Å². The lowest BCUT2D eigenvalue weighted by molar-refractivity contribution is -0.0631. The molecule has 0 unspecified atom stereocenters. The quantitative estimate of drug-likeness (QED) is 0.205. The summed E-state index contributed by atoms with van der Waals surface area (Å²) in [5.41, 5.74) is 0.593. The lowest BCUT2D eigenvalue weighted by Gasteiger charge is -2.46. The molecule has 0 aromatic heterocycles. The van der Waals surface area contributed by atoms with E-state index in [0.717, 1.165) is 28.7 Å². The average molecular weight is 616 g/mol. The maximum atomic E-state index is 13.6. The van der Waals surface area contributed by atoms with Gasteiger partial charge < -0.3 is 18.8 Å². The summed E-state index contributed by atoms with van der Waals surface area (Å²) in [4.78, 5) is 15.3. The summed E-state index contributed by atoms with van der Waals surface area (Å²) in [5.74, 6) is 0.152. The predicted octanol–water partition coefficient (Wildman–Crippen LogP) is 8.17. The van der Waals surface area contributed by atoms with Crippen molar-refractivity contribution in [2.45, 2.75) is 75.4 Å². The van der Waals surface area contributed by atoms with E-state index >= 15 is 0 Å². The summed E-state index contributed by atoms with van der Waals surface area (Å²) in [7, 11) is -0.560. The molecule has 46 heavy (non-hydrogen) atoms. The first-order valence-electron chi connectivity index (χ1n) is 16.3. The molecule has 1 saturated carbocycles. The Morgan fingerprint density at radius 2 is 1.11 bits per heavy atom. The average Bonchev–Trinajstić information content (AvgIpc) is 3.66. The lowest BCUT2D eigenvalue weighted by Crippen LogP contribution is -2.50. The monoisotopic (exact) mass is 615 g/mol. The minimum Gasteiger partial charge on any atom is -0.444 e. The zero-order valence-corrected chi connectivity index (χ0v) is 27.3. The van der Waals surface area contributed by atoms with Crippen molar-refractivity contribution in [3.05, 3.63) is 144 Å². The van der Waals surface area contributed by atoms with Gasteiger partial charge in [0.1, 0.15) is 22.5 Å². The van der Waals surface area contributed by atoms with Gasteiger partial charge in [0.25, 0.3) is 0 Å². The van der Waals surface area contributed by atoms with Crippen molar-refractivity contribution in [2.75, 3.05) is 6.61 Å². The second-order valence-electron chi connectivity index (χ2n) is 14.2. The number of hydrogen-bond donors (Lipinski definition) is 0. The Morgan fingerprint density at radius 3 is 1.48 bits per heavy atom. The highest BCUT2D eigenvalue weighted by Crippen LogP contribution is 2.64. The van der Waals surface area contributed by atoms with E-state index in [1.165, 1.54) is 0 Å². The van der Waals surface area contributed by atoms with Crippen LogP contribution in [-0.4, -0.2) is 42.1 Å². The number of hydrogen-bond acceptors (Lipinski definition) is 5. The van der Waals surface area contributed by atoms with E-state index in [-0.39, 0.29) is 23.9 Å². The number of benzene rings is 4. The van der Waals surface area contributed by atoms with Gasteiger partial charge in [-0.1, -0.05) is 121 Å². The fraction of sp³-hybridized carbons (Fsp3) is 0.359. The number of amides is 1. The van der Waals surface area contributed by atoms with Gasteiger partial charge in [0.15, 0.2) is 0 Å². The topological polar surface area (TPSA) is 57.2 Å². The summed E-state index contributed by atoms with van der Waals surface area (Å²) in [6.07, 6.45) is 0.484. The van der Waals surface area contributed by atoms with Gasteiger partial charge in [-0.05, 0) is 75.0 Å². The van der Waals surface area contributed by atoms with Crippen LogP contribution < -0.4 is 0 Å². The molecular formula is C39H42BNO5. The Kier molecular flexibility index (Phi) is 7.62. The number of carbonyl (C=O) groups is 1. The van der Waals surface area contributed by atoms with Gasteiger partial charge in [0.05, 0.1) is 12.6 Å². The highest BCUT2D eigenvalue weighted by molar-refractivity contribution is 6.49. The van der Waals surface area contributed by atoms with Crippen LogP contribution in [0.3, 0.4) is 0 Å². The van der Waals surface area contributed by atoms with Crippen LogP contribution in [0.1, 0.15) is 63.3 Å². The van der Waals surface area contributed by atoms with Crippen molar-refractivity contribution in [3.63, 3.8) is 0 Å². The molecule has 236 valence electrons. The largest absolute Gasteiger partial charge is 0.462 e. The van der Waals surface area contributed by atoms with Gasteiger partial charge in [0.2, 0.25) is 0 Å². The molecule has 1 amide bonds. The van der Waals surface area contributed by atoms with Crippen LogP contribution in [0.5, 0.6) is 0 Å². The zero-order chi connectivity index (χ0) is 32.2. The van der Waals surface area contributed by atoms with Gasteiger partial charge in [-0.15, -0.1) is 0 Å². The van der Waals surface area contributed by atoms with Crippen LogP contribution in [0.15, 0.2) is 121 Å². The molecule has 3 atom stereocenters. The third-order valence-electron chi connectivity index (χ3n) is 9.65.